The molecule has 0 aromatic carbocycles. The van der Waals surface area contributed by atoms with E-state index in [0.717, 1.165) is 45.6 Å². The van der Waals surface area contributed by atoms with Crippen LogP contribution in [0.2, 0.25) is 0 Å². The second-order valence-electron chi connectivity index (χ2n) is 7.55. The molecule has 4 saturated heterocycles. The summed E-state index contributed by atoms with van der Waals surface area (Å²) in [5.41, 5.74) is 0.308. The van der Waals surface area contributed by atoms with Crippen molar-refractivity contribution in [2.24, 2.45) is 11.3 Å². The molecule has 3 unspecified atom stereocenters. The van der Waals surface area contributed by atoms with Gasteiger partial charge in [0.1, 0.15) is 0 Å². The first-order chi connectivity index (χ1) is 9.72. The summed E-state index contributed by atoms with van der Waals surface area (Å²) < 4.78 is 5.55. The number of carbonyl (C=O) groups excluding carboxylic acids is 1. The van der Waals surface area contributed by atoms with Gasteiger partial charge < -0.3 is 15.0 Å². The Labute approximate surface area is 133 Å². The number of hydrogen-bond donors (Lipinski definition) is 1. The molecule has 0 aliphatic carbocycles. The van der Waals surface area contributed by atoms with Crippen LogP contribution in [0, 0.1) is 11.3 Å². The highest BCUT2D eigenvalue weighted by molar-refractivity contribution is 5.85. The average Bonchev–Trinajstić information content (AvgIpc) is 3.14. The smallest absolute Gasteiger partial charge is 0.222 e. The summed E-state index contributed by atoms with van der Waals surface area (Å²) in [6.07, 6.45) is 8.14. The fourth-order valence-electron chi connectivity index (χ4n) is 4.84. The molecule has 4 rings (SSSR count). The molecule has 0 radical (unpaired) electrons. The summed E-state index contributed by atoms with van der Waals surface area (Å²) in [5, 5.41) is 3.66. The van der Waals surface area contributed by atoms with Crippen LogP contribution in [0.5, 0.6) is 0 Å². The standard InChI is InChI=1S/C16H26N2O2.ClH/c19-15(9-12-7-13-1-2-14(8-12)17-13)18-5-3-16(10-18)4-6-20-11-16;/h12-14,17H,1-11H2;1H. The average molecular weight is 315 g/mol. The molecule has 4 nitrogen and oxygen atoms in total. The van der Waals surface area contributed by atoms with Crippen molar-refractivity contribution in [3.63, 3.8) is 0 Å². The predicted molar refractivity (Wildman–Crippen MR) is 83.6 cm³/mol. The summed E-state index contributed by atoms with van der Waals surface area (Å²) in [6, 6.07) is 1.39. The number of carbonyl (C=O) groups is 1. The molecule has 3 atom stereocenters. The summed E-state index contributed by atoms with van der Waals surface area (Å²) >= 11 is 0. The van der Waals surface area contributed by atoms with Crippen molar-refractivity contribution in [1.29, 1.82) is 0 Å². The summed E-state index contributed by atoms with van der Waals surface area (Å²) in [6.45, 7) is 3.66. The zero-order valence-corrected chi connectivity index (χ0v) is 13.5. The van der Waals surface area contributed by atoms with Gasteiger partial charge in [0.2, 0.25) is 5.91 Å². The lowest BCUT2D eigenvalue weighted by Crippen LogP contribution is -2.40. The number of rotatable bonds is 2. The van der Waals surface area contributed by atoms with E-state index < -0.39 is 0 Å². The molecule has 1 N–H and O–H groups in total. The third kappa shape index (κ3) is 3.08. The van der Waals surface area contributed by atoms with Crippen molar-refractivity contribution in [1.82, 2.24) is 10.2 Å². The van der Waals surface area contributed by atoms with Gasteiger partial charge in [-0.25, -0.2) is 0 Å². The van der Waals surface area contributed by atoms with Crippen LogP contribution in [0.15, 0.2) is 0 Å². The number of nitrogens with zero attached hydrogens (tertiary/aromatic N) is 1. The van der Waals surface area contributed by atoms with Gasteiger partial charge >= 0.3 is 0 Å². The van der Waals surface area contributed by atoms with Gasteiger partial charge in [-0.05, 0) is 44.4 Å². The highest BCUT2D eigenvalue weighted by atomic mass is 35.5. The van der Waals surface area contributed by atoms with Gasteiger partial charge in [-0.2, -0.15) is 0 Å². The Morgan fingerprint density at radius 3 is 2.67 bits per heavy atom. The molecule has 1 amide bonds. The van der Waals surface area contributed by atoms with Crippen LogP contribution >= 0.6 is 12.4 Å². The van der Waals surface area contributed by atoms with E-state index in [1.807, 2.05) is 0 Å². The molecule has 21 heavy (non-hydrogen) atoms. The third-order valence-electron chi connectivity index (χ3n) is 6.01. The summed E-state index contributed by atoms with van der Waals surface area (Å²) in [4.78, 5) is 14.7. The van der Waals surface area contributed by atoms with Crippen molar-refractivity contribution in [3.8, 4) is 0 Å². The molecule has 120 valence electrons. The molecular formula is C16H27ClN2O2. The van der Waals surface area contributed by atoms with Crippen LogP contribution in [-0.2, 0) is 9.53 Å². The van der Waals surface area contributed by atoms with Crippen molar-refractivity contribution >= 4 is 18.3 Å². The largest absolute Gasteiger partial charge is 0.381 e. The van der Waals surface area contributed by atoms with Crippen LogP contribution < -0.4 is 5.32 Å². The van der Waals surface area contributed by atoms with Gasteiger partial charge in [0, 0.05) is 43.6 Å². The van der Waals surface area contributed by atoms with Gasteiger partial charge in [-0.3, -0.25) is 4.79 Å². The number of likely N-dealkylation sites (tertiary alicyclic amines) is 1. The molecule has 2 bridgehead atoms. The van der Waals surface area contributed by atoms with Crippen molar-refractivity contribution in [2.75, 3.05) is 26.3 Å². The van der Waals surface area contributed by atoms with Gasteiger partial charge in [0.25, 0.3) is 0 Å². The maximum atomic E-state index is 12.6. The highest BCUT2D eigenvalue weighted by Gasteiger charge is 2.43. The maximum Gasteiger partial charge on any atom is 0.222 e. The Balaban J connectivity index is 0.00000132. The van der Waals surface area contributed by atoms with Crippen LogP contribution in [0.3, 0.4) is 0 Å². The number of ether oxygens (including phenoxy) is 1. The van der Waals surface area contributed by atoms with E-state index in [1.165, 1.54) is 25.7 Å². The monoisotopic (exact) mass is 314 g/mol. The molecule has 1 spiro atoms. The molecule has 0 aromatic heterocycles. The molecule has 4 aliphatic rings. The zero-order valence-electron chi connectivity index (χ0n) is 12.7. The van der Waals surface area contributed by atoms with Gasteiger partial charge in [-0.15, -0.1) is 12.4 Å². The Morgan fingerprint density at radius 2 is 2.00 bits per heavy atom. The summed E-state index contributed by atoms with van der Waals surface area (Å²) in [7, 11) is 0. The number of amides is 1. The number of nitrogens with one attached hydrogen (secondary N) is 1. The highest BCUT2D eigenvalue weighted by Crippen LogP contribution is 2.39. The minimum atomic E-state index is 0. The van der Waals surface area contributed by atoms with E-state index in [4.69, 9.17) is 4.74 Å². The van der Waals surface area contributed by atoms with Crippen LogP contribution in [0.25, 0.3) is 0 Å². The molecule has 5 heteroatoms. The quantitative estimate of drug-likeness (QED) is 0.847. The van der Waals surface area contributed by atoms with Crippen LogP contribution in [0.4, 0.5) is 0 Å². The van der Waals surface area contributed by atoms with Crippen LogP contribution in [-0.4, -0.2) is 49.2 Å². The Hall–Kier alpha value is -0.320. The third-order valence-corrected chi connectivity index (χ3v) is 6.01. The van der Waals surface area contributed by atoms with E-state index in [2.05, 4.69) is 10.2 Å². The van der Waals surface area contributed by atoms with Gasteiger partial charge in [-0.1, -0.05) is 0 Å². The van der Waals surface area contributed by atoms with Gasteiger partial charge in [0.05, 0.1) is 6.61 Å². The number of hydrogen-bond acceptors (Lipinski definition) is 3. The van der Waals surface area contributed by atoms with Crippen molar-refractivity contribution < 1.29 is 9.53 Å². The van der Waals surface area contributed by atoms with Crippen LogP contribution in [0.1, 0.15) is 44.9 Å². The lowest BCUT2D eigenvalue weighted by atomic mass is 9.86. The molecule has 4 aliphatic heterocycles. The van der Waals surface area contributed by atoms with E-state index in [1.54, 1.807) is 0 Å². The van der Waals surface area contributed by atoms with Crippen molar-refractivity contribution in [2.45, 2.75) is 57.0 Å². The molecule has 4 fully saturated rings. The lowest BCUT2D eigenvalue weighted by Gasteiger charge is -2.30. The second-order valence-corrected chi connectivity index (χ2v) is 7.55. The van der Waals surface area contributed by atoms with E-state index >= 15 is 0 Å². The van der Waals surface area contributed by atoms with E-state index in [9.17, 15) is 4.79 Å². The second kappa shape index (κ2) is 6.05. The predicted octanol–water partition coefficient (Wildman–Crippen LogP) is 1.97. The number of piperidine rings is 1. The molecule has 0 aromatic rings. The normalized spacial score (nSPS) is 41.5. The Morgan fingerprint density at radius 1 is 1.24 bits per heavy atom. The zero-order chi connectivity index (χ0) is 13.6. The van der Waals surface area contributed by atoms with E-state index in [0.29, 0.717) is 29.3 Å². The Bertz CT molecular complexity index is 386. The lowest BCUT2D eigenvalue weighted by molar-refractivity contribution is -0.131. The minimum Gasteiger partial charge on any atom is -0.381 e. The molecular weight excluding hydrogens is 288 g/mol. The SMILES string of the molecule is Cl.O=C(CC1CC2CCC(C1)N2)N1CCC2(CCOC2)C1. The fraction of sp³-hybridized carbons (Fsp3) is 0.938. The Kier molecular flexibility index (Phi) is 4.49. The first-order valence-electron chi connectivity index (χ1n) is 8.34. The first-order valence-corrected chi connectivity index (χ1v) is 8.34. The van der Waals surface area contributed by atoms with Gasteiger partial charge in [0.15, 0.2) is 0 Å². The van der Waals surface area contributed by atoms with E-state index in [-0.39, 0.29) is 12.4 Å². The van der Waals surface area contributed by atoms with Crippen molar-refractivity contribution in [3.05, 3.63) is 0 Å². The maximum absolute atomic E-state index is 12.6. The fourth-order valence-corrected chi connectivity index (χ4v) is 4.84. The molecule has 0 saturated carbocycles. The minimum absolute atomic E-state index is 0. The topological polar surface area (TPSA) is 41.6 Å². The summed E-state index contributed by atoms with van der Waals surface area (Å²) in [5.74, 6) is 1.03. The number of fused-ring (bicyclic) bond motifs is 2. The first kappa shape index (κ1) is 15.6. The number of halogens is 1. The molecule has 4 heterocycles.